The Labute approximate surface area is 167 Å². The molecule has 1 aliphatic rings. The average Bonchev–Trinajstić information content (AvgIpc) is 3.24. The van der Waals surface area contributed by atoms with Crippen LogP contribution in [-0.4, -0.2) is 38.0 Å². The maximum atomic E-state index is 12.2. The van der Waals surface area contributed by atoms with Gasteiger partial charge in [0.1, 0.15) is 0 Å². The second-order valence-electron chi connectivity index (χ2n) is 7.22. The van der Waals surface area contributed by atoms with Gasteiger partial charge in [0.15, 0.2) is 0 Å². The van der Waals surface area contributed by atoms with Crippen molar-refractivity contribution in [1.29, 1.82) is 0 Å². The minimum Gasteiger partial charge on any atom is -0.372 e. The summed E-state index contributed by atoms with van der Waals surface area (Å²) < 4.78 is 0. The molecule has 5 heteroatoms. The van der Waals surface area contributed by atoms with Crippen LogP contribution in [-0.2, 0) is 16.0 Å². The molecule has 0 aliphatic carbocycles. The number of amides is 2. The van der Waals surface area contributed by atoms with E-state index >= 15 is 0 Å². The van der Waals surface area contributed by atoms with Crippen LogP contribution in [0.4, 0.5) is 11.4 Å². The van der Waals surface area contributed by atoms with Gasteiger partial charge in [-0.05, 0) is 49.1 Å². The van der Waals surface area contributed by atoms with Crippen molar-refractivity contribution < 1.29 is 9.59 Å². The molecule has 3 rings (SSSR count). The monoisotopic (exact) mass is 379 g/mol. The number of nitrogens with one attached hydrogen (secondary N) is 1. The lowest BCUT2D eigenvalue weighted by molar-refractivity contribution is -0.121. The number of benzene rings is 2. The molecule has 148 valence electrons. The highest BCUT2D eigenvalue weighted by Gasteiger charge is 2.16. The Morgan fingerprint density at radius 1 is 1.00 bits per heavy atom. The van der Waals surface area contributed by atoms with Crippen LogP contribution >= 0.6 is 0 Å². The van der Waals surface area contributed by atoms with Gasteiger partial charge in [0.05, 0.1) is 0 Å². The molecule has 0 bridgehead atoms. The zero-order valence-corrected chi connectivity index (χ0v) is 16.6. The first-order valence-electron chi connectivity index (χ1n) is 10.1. The van der Waals surface area contributed by atoms with Crippen LogP contribution in [0.25, 0.3) is 0 Å². The molecular weight excluding hydrogens is 350 g/mol. The van der Waals surface area contributed by atoms with Crippen molar-refractivity contribution >= 4 is 23.2 Å². The van der Waals surface area contributed by atoms with E-state index in [4.69, 9.17) is 0 Å². The molecule has 0 radical (unpaired) electrons. The Morgan fingerprint density at radius 3 is 2.32 bits per heavy atom. The first-order valence-corrected chi connectivity index (χ1v) is 10.1. The van der Waals surface area contributed by atoms with Gasteiger partial charge in [-0.2, -0.15) is 0 Å². The molecule has 2 aromatic carbocycles. The summed E-state index contributed by atoms with van der Waals surface area (Å²) in [6.45, 7) is 4.72. The van der Waals surface area contributed by atoms with Gasteiger partial charge in [0, 0.05) is 50.9 Å². The lowest BCUT2D eigenvalue weighted by Gasteiger charge is -2.23. The third-order valence-corrected chi connectivity index (χ3v) is 5.15. The van der Waals surface area contributed by atoms with Crippen molar-refractivity contribution in [2.75, 3.05) is 36.0 Å². The number of carbonyl (C=O) groups excluding carboxylic acids is 2. The molecule has 1 aliphatic heterocycles. The summed E-state index contributed by atoms with van der Waals surface area (Å²) in [5.74, 6) is -0.0816. The fraction of sp³-hybridized carbons (Fsp3) is 0.391. The lowest BCUT2D eigenvalue weighted by Crippen LogP contribution is -2.34. The fourth-order valence-corrected chi connectivity index (χ4v) is 3.58. The van der Waals surface area contributed by atoms with E-state index in [-0.39, 0.29) is 11.8 Å². The Balaban J connectivity index is 1.48. The molecule has 1 heterocycles. The molecule has 1 saturated heterocycles. The quantitative estimate of drug-likeness (QED) is 0.765. The minimum atomic E-state index is -0.0500. The van der Waals surface area contributed by atoms with E-state index in [9.17, 15) is 9.59 Å². The Hall–Kier alpha value is -2.82. The van der Waals surface area contributed by atoms with Gasteiger partial charge < -0.3 is 15.1 Å². The summed E-state index contributed by atoms with van der Waals surface area (Å²) in [6.07, 6.45) is 3.57. The van der Waals surface area contributed by atoms with E-state index < -0.39 is 0 Å². The average molecular weight is 380 g/mol. The van der Waals surface area contributed by atoms with Crippen LogP contribution in [0.15, 0.2) is 54.6 Å². The van der Waals surface area contributed by atoms with Crippen LogP contribution in [0.2, 0.25) is 0 Å². The first kappa shape index (κ1) is 19.9. The number of rotatable bonds is 8. The van der Waals surface area contributed by atoms with E-state index in [2.05, 4.69) is 34.5 Å². The molecule has 1 N–H and O–H groups in total. The van der Waals surface area contributed by atoms with Crippen LogP contribution in [0.3, 0.4) is 0 Å². The van der Waals surface area contributed by atoms with Crippen LogP contribution in [0.5, 0.6) is 0 Å². The van der Waals surface area contributed by atoms with Gasteiger partial charge >= 0.3 is 0 Å². The van der Waals surface area contributed by atoms with E-state index in [1.807, 2.05) is 30.3 Å². The van der Waals surface area contributed by atoms with Crippen molar-refractivity contribution in [1.82, 2.24) is 5.32 Å². The Morgan fingerprint density at radius 2 is 1.68 bits per heavy atom. The second-order valence-corrected chi connectivity index (χ2v) is 7.22. The Kier molecular flexibility index (Phi) is 7.06. The summed E-state index contributed by atoms with van der Waals surface area (Å²) >= 11 is 0. The van der Waals surface area contributed by atoms with Gasteiger partial charge in [-0.25, -0.2) is 0 Å². The number of carbonyl (C=O) groups is 2. The topological polar surface area (TPSA) is 52.7 Å². The minimum absolute atomic E-state index is 0.0316. The van der Waals surface area contributed by atoms with E-state index in [1.165, 1.54) is 24.1 Å². The van der Waals surface area contributed by atoms with Crippen molar-refractivity contribution in [3.8, 4) is 0 Å². The van der Waals surface area contributed by atoms with Crippen molar-refractivity contribution in [3.63, 3.8) is 0 Å². The number of nitrogens with zero attached hydrogens (tertiary/aromatic N) is 2. The highest BCUT2D eigenvalue weighted by atomic mass is 16.2. The molecule has 0 saturated carbocycles. The molecular formula is C23H29N3O2. The molecule has 28 heavy (non-hydrogen) atoms. The fourth-order valence-electron chi connectivity index (χ4n) is 3.58. The maximum absolute atomic E-state index is 12.2. The van der Waals surface area contributed by atoms with Gasteiger partial charge in [-0.3, -0.25) is 9.59 Å². The molecule has 1 fully saturated rings. The summed E-state index contributed by atoms with van der Waals surface area (Å²) in [5.41, 5.74) is 3.24. The van der Waals surface area contributed by atoms with E-state index in [0.717, 1.165) is 25.2 Å². The van der Waals surface area contributed by atoms with Crippen molar-refractivity contribution in [2.45, 2.75) is 32.6 Å². The van der Waals surface area contributed by atoms with E-state index in [0.29, 0.717) is 19.5 Å². The summed E-state index contributed by atoms with van der Waals surface area (Å²) in [6, 6.07) is 18.2. The van der Waals surface area contributed by atoms with Gasteiger partial charge in [-0.15, -0.1) is 0 Å². The predicted octanol–water partition coefficient (Wildman–Crippen LogP) is 3.39. The summed E-state index contributed by atoms with van der Waals surface area (Å²) in [7, 11) is 0. The second kappa shape index (κ2) is 9.93. The summed E-state index contributed by atoms with van der Waals surface area (Å²) in [5, 5.41) is 2.94. The predicted molar refractivity (Wildman–Crippen MR) is 114 cm³/mol. The van der Waals surface area contributed by atoms with Crippen LogP contribution in [0, 0.1) is 0 Å². The number of hydrogen-bond acceptors (Lipinski definition) is 3. The summed E-state index contributed by atoms with van der Waals surface area (Å²) in [4.78, 5) is 28.3. The third-order valence-electron chi connectivity index (χ3n) is 5.15. The normalized spacial score (nSPS) is 13.4. The van der Waals surface area contributed by atoms with Crippen LogP contribution < -0.4 is 15.1 Å². The molecule has 5 nitrogen and oxygen atoms in total. The molecule has 0 atom stereocenters. The molecule has 0 spiro atoms. The number of hydrogen-bond donors (Lipinski definition) is 1. The van der Waals surface area contributed by atoms with Crippen molar-refractivity contribution in [2.24, 2.45) is 0 Å². The maximum Gasteiger partial charge on any atom is 0.223 e. The van der Waals surface area contributed by atoms with Gasteiger partial charge in [0.2, 0.25) is 11.8 Å². The smallest absolute Gasteiger partial charge is 0.223 e. The first-order chi connectivity index (χ1) is 13.6. The SMILES string of the molecule is CC(=O)N(CCC(=O)NCCc1ccccc1)c1ccc(N2CCCC2)cc1. The highest BCUT2D eigenvalue weighted by molar-refractivity contribution is 5.92. The van der Waals surface area contributed by atoms with Gasteiger partial charge in [-0.1, -0.05) is 30.3 Å². The molecule has 0 aromatic heterocycles. The zero-order valence-electron chi connectivity index (χ0n) is 16.6. The van der Waals surface area contributed by atoms with Crippen LogP contribution in [0.1, 0.15) is 31.7 Å². The molecule has 0 unspecified atom stereocenters. The number of anilines is 2. The van der Waals surface area contributed by atoms with Crippen molar-refractivity contribution in [3.05, 3.63) is 60.2 Å². The molecule has 2 amide bonds. The van der Waals surface area contributed by atoms with E-state index in [1.54, 1.807) is 11.8 Å². The largest absolute Gasteiger partial charge is 0.372 e. The Bertz CT molecular complexity index is 768. The zero-order chi connectivity index (χ0) is 19.8. The third kappa shape index (κ3) is 5.59. The molecule has 2 aromatic rings. The van der Waals surface area contributed by atoms with Gasteiger partial charge in [0.25, 0.3) is 0 Å². The highest BCUT2D eigenvalue weighted by Crippen LogP contribution is 2.24. The lowest BCUT2D eigenvalue weighted by atomic mass is 10.1. The standard InChI is InChI=1S/C23H29N3O2/c1-19(27)26(22-11-9-21(10-12-22)25-16-5-6-17-25)18-14-23(28)24-15-13-20-7-3-2-4-8-20/h2-4,7-12H,5-6,13-18H2,1H3,(H,24,28).